The van der Waals surface area contributed by atoms with E-state index in [1.54, 1.807) is 30.3 Å². The van der Waals surface area contributed by atoms with Crippen molar-refractivity contribution in [1.29, 1.82) is 5.26 Å². The molecule has 3 atom stereocenters. The number of benzene rings is 1. The molecule has 0 spiro atoms. The first-order valence-electron chi connectivity index (χ1n) is 12.6. The van der Waals surface area contributed by atoms with Crippen LogP contribution in [-0.4, -0.2) is 83.2 Å². The van der Waals surface area contributed by atoms with Gasteiger partial charge in [0.2, 0.25) is 17.7 Å². The van der Waals surface area contributed by atoms with Crippen molar-refractivity contribution in [2.24, 2.45) is 11.8 Å². The summed E-state index contributed by atoms with van der Waals surface area (Å²) in [5, 5.41) is 13.6. The summed E-state index contributed by atoms with van der Waals surface area (Å²) in [5.74, 6) is -14.6. The number of hydrogen-bond donors (Lipinski definition) is 2. The lowest BCUT2D eigenvalue weighted by atomic mass is 10.1. The number of likely N-dealkylation sites (N-methyl/N-ethyl adjacent to an activating group) is 1. The molecule has 0 bridgehead atoms. The number of amides is 4. The maximum Gasteiger partial charge on any atom is 0.362 e. The summed E-state index contributed by atoms with van der Waals surface area (Å²) >= 11 is 0. The second-order valence-electron chi connectivity index (χ2n) is 10.4. The van der Waals surface area contributed by atoms with E-state index in [-0.39, 0.29) is 13.0 Å². The Morgan fingerprint density at radius 2 is 1.65 bits per heavy atom. The molecule has 0 aromatic heterocycles. The smallest absolute Gasteiger partial charge is 0.341 e. The molecule has 3 fully saturated rings. The van der Waals surface area contributed by atoms with Crippen molar-refractivity contribution in [2.75, 3.05) is 25.5 Å². The van der Waals surface area contributed by atoms with Crippen LogP contribution < -0.4 is 10.6 Å². The van der Waals surface area contributed by atoms with Gasteiger partial charge in [-0.15, -0.1) is 0 Å². The molecule has 2 N–H and O–H groups in total. The summed E-state index contributed by atoms with van der Waals surface area (Å²) in [6.45, 7) is 2.47. The first-order valence-corrected chi connectivity index (χ1v) is 12.6. The van der Waals surface area contributed by atoms with E-state index in [4.69, 9.17) is 0 Å². The SMILES string of the molecule is CC(NC(=O)C1(F)C(F)(F)C1(F)F)C(=O)N(C)CC(=O)N1CC(C(=O)Nc2ccccc2)CC1C#N.CC1CC1. The van der Waals surface area contributed by atoms with E-state index in [0.717, 1.165) is 29.7 Å². The van der Waals surface area contributed by atoms with Gasteiger partial charge in [-0.05, 0) is 31.4 Å². The van der Waals surface area contributed by atoms with Crippen molar-refractivity contribution in [1.82, 2.24) is 15.1 Å². The fourth-order valence-corrected chi connectivity index (χ4v) is 4.09. The van der Waals surface area contributed by atoms with E-state index >= 15 is 0 Å². The first-order chi connectivity index (χ1) is 18.6. The van der Waals surface area contributed by atoms with Crippen molar-refractivity contribution < 1.29 is 41.1 Å². The van der Waals surface area contributed by atoms with Crippen molar-refractivity contribution in [3.05, 3.63) is 30.3 Å². The fourth-order valence-electron chi connectivity index (χ4n) is 4.09. The highest BCUT2D eigenvalue weighted by Gasteiger charge is 3.02. The number of nitrogens with one attached hydrogen (secondary N) is 2. The second-order valence-corrected chi connectivity index (χ2v) is 10.4. The molecule has 1 aliphatic heterocycles. The topological polar surface area (TPSA) is 123 Å². The third kappa shape index (κ3) is 5.88. The van der Waals surface area contributed by atoms with E-state index in [1.807, 2.05) is 6.07 Å². The van der Waals surface area contributed by atoms with Gasteiger partial charge in [0.25, 0.3) is 5.91 Å². The highest BCUT2D eigenvalue weighted by molar-refractivity contribution is 5.97. The molecule has 1 aromatic carbocycles. The van der Waals surface area contributed by atoms with Gasteiger partial charge >= 0.3 is 17.5 Å². The predicted octanol–water partition coefficient (Wildman–Crippen LogP) is 2.74. The van der Waals surface area contributed by atoms with E-state index in [1.165, 1.54) is 18.2 Å². The number of carbonyl (C=O) groups excluding carboxylic acids is 4. The molecule has 1 heterocycles. The minimum absolute atomic E-state index is 0.0477. The lowest BCUT2D eigenvalue weighted by Crippen LogP contribution is -2.52. The molecule has 14 heteroatoms. The molecule has 0 radical (unpaired) electrons. The number of halogens is 5. The minimum Gasteiger partial charge on any atom is -0.341 e. The van der Waals surface area contributed by atoms with Gasteiger partial charge in [0.1, 0.15) is 12.1 Å². The average molecular weight is 572 g/mol. The lowest BCUT2D eigenvalue weighted by molar-refractivity contribution is -0.142. The van der Waals surface area contributed by atoms with Gasteiger partial charge in [0.05, 0.1) is 18.5 Å². The van der Waals surface area contributed by atoms with Crippen molar-refractivity contribution in [2.45, 2.75) is 62.7 Å². The van der Waals surface area contributed by atoms with Crippen molar-refractivity contribution in [3.63, 3.8) is 0 Å². The number of rotatable bonds is 7. The molecule has 1 saturated heterocycles. The Kier molecular flexibility index (Phi) is 8.76. The van der Waals surface area contributed by atoms with Crippen LogP contribution in [0.4, 0.5) is 27.6 Å². The van der Waals surface area contributed by atoms with E-state index in [2.05, 4.69) is 12.2 Å². The van der Waals surface area contributed by atoms with Gasteiger partial charge < -0.3 is 20.4 Å². The monoisotopic (exact) mass is 571 g/mol. The Morgan fingerprint density at radius 1 is 1.10 bits per heavy atom. The molecule has 1 aromatic rings. The Hall–Kier alpha value is -3.76. The van der Waals surface area contributed by atoms with Crippen LogP contribution in [0.15, 0.2) is 30.3 Å². The third-order valence-electron chi connectivity index (χ3n) is 7.03. The largest absolute Gasteiger partial charge is 0.362 e. The zero-order chi connectivity index (χ0) is 30.0. The van der Waals surface area contributed by atoms with Crippen LogP contribution >= 0.6 is 0 Å². The van der Waals surface area contributed by atoms with Crippen LogP contribution in [0.5, 0.6) is 0 Å². The average Bonchev–Trinajstić information content (AvgIpc) is 3.65. The molecule has 3 unspecified atom stereocenters. The standard InChI is InChI=1S/C22H22F5N5O4.C4H8/c1-12(29-19(36)20(23)21(24,25)22(20,26)27)18(35)31(2)11-16(33)32-10-13(8-15(32)9-28)17(34)30-14-6-4-3-5-7-14;1-4-2-3-4/h3-7,12-13,15H,8,10-11H2,1-2H3,(H,29,36)(H,30,34);4H,2-3H2,1H3. The van der Waals surface area contributed by atoms with Crippen molar-refractivity contribution in [3.8, 4) is 6.07 Å². The number of alkyl halides is 5. The van der Waals surface area contributed by atoms with Gasteiger partial charge in [-0.25, -0.2) is 4.39 Å². The maximum absolute atomic E-state index is 13.8. The Labute approximate surface area is 227 Å². The predicted molar refractivity (Wildman–Crippen MR) is 132 cm³/mol. The van der Waals surface area contributed by atoms with Crippen LogP contribution in [0.25, 0.3) is 0 Å². The molecular weight excluding hydrogens is 541 g/mol. The number of carbonyl (C=O) groups is 4. The second kappa shape index (κ2) is 11.4. The fraction of sp³-hybridized carbons (Fsp3) is 0.577. The van der Waals surface area contributed by atoms with Crippen LogP contribution in [0.3, 0.4) is 0 Å². The van der Waals surface area contributed by atoms with E-state index < -0.39 is 65.7 Å². The summed E-state index contributed by atoms with van der Waals surface area (Å²) in [6.07, 6.45) is 3.02. The highest BCUT2D eigenvalue weighted by atomic mass is 19.3. The Bertz CT molecular complexity index is 1170. The molecule has 3 aliphatic rings. The molecule has 2 aliphatic carbocycles. The number of anilines is 1. The molecule has 2 saturated carbocycles. The molecule has 9 nitrogen and oxygen atoms in total. The van der Waals surface area contributed by atoms with Gasteiger partial charge in [-0.1, -0.05) is 38.0 Å². The number of likely N-dealkylation sites (tertiary alicyclic amines) is 1. The van der Waals surface area contributed by atoms with Gasteiger partial charge in [0.15, 0.2) is 0 Å². The molecule has 4 rings (SSSR count). The molecule has 40 heavy (non-hydrogen) atoms. The number of hydrogen-bond acceptors (Lipinski definition) is 5. The van der Waals surface area contributed by atoms with Crippen LogP contribution in [0, 0.1) is 23.2 Å². The zero-order valence-corrected chi connectivity index (χ0v) is 22.1. The highest BCUT2D eigenvalue weighted by Crippen LogP contribution is 2.68. The number of para-hydroxylation sites is 1. The molecule has 4 amide bonds. The Balaban J connectivity index is 0.00000101. The summed E-state index contributed by atoms with van der Waals surface area (Å²) in [7, 11) is 1.10. The third-order valence-corrected chi connectivity index (χ3v) is 7.03. The normalized spacial score (nSPS) is 23.9. The maximum atomic E-state index is 13.8. The zero-order valence-electron chi connectivity index (χ0n) is 22.1. The summed E-state index contributed by atoms with van der Waals surface area (Å²) in [4.78, 5) is 51.3. The summed E-state index contributed by atoms with van der Waals surface area (Å²) < 4.78 is 66.1. The lowest BCUT2D eigenvalue weighted by Gasteiger charge is -2.26. The molecular formula is C26H30F5N5O4. The summed E-state index contributed by atoms with van der Waals surface area (Å²) in [5.41, 5.74) is -4.24. The van der Waals surface area contributed by atoms with Gasteiger partial charge in [0, 0.05) is 19.3 Å². The Morgan fingerprint density at radius 3 is 2.12 bits per heavy atom. The number of nitriles is 1. The number of nitrogens with zero attached hydrogens (tertiary/aromatic N) is 3. The van der Waals surface area contributed by atoms with E-state index in [0.29, 0.717) is 5.69 Å². The van der Waals surface area contributed by atoms with Crippen LogP contribution in [0.1, 0.15) is 33.1 Å². The van der Waals surface area contributed by atoms with Gasteiger partial charge in [-0.3, -0.25) is 19.2 Å². The summed E-state index contributed by atoms with van der Waals surface area (Å²) in [6, 6.07) is 7.74. The van der Waals surface area contributed by atoms with Crippen LogP contribution in [0.2, 0.25) is 0 Å². The minimum atomic E-state index is -5.21. The van der Waals surface area contributed by atoms with Gasteiger partial charge in [-0.2, -0.15) is 22.8 Å². The van der Waals surface area contributed by atoms with Crippen LogP contribution in [-0.2, 0) is 19.2 Å². The van der Waals surface area contributed by atoms with Crippen molar-refractivity contribution >= 4 is 29.3 Å². The van der Waals surface area contributed by atoms with E-state index in [9.17, 15) is 46.4 Å². The molecule has 218 valence electrons. The first kappa shape index (κ1) is 30.8. The quantitative estimate of drug-likeness (QED) is 0.488.